The molecule has 2 rings (SSSR count). The van der Waals surface area contributed by atoms with Crippen molar-refractivity contribution in [1.82, 2.24) is 10.2 Å². The fraction of sp³-hybridized carbons (Fsp3) is 0.667. The average molecular weight is 290 g/mol. The van der Waals surface area contributed by atoms with Crippen molar-refractivity contribution >= 4 is 0 Å². The lowest BCUT2D eigenvalue weighted by atomic mass is 9.98. The van der Waals surface area contributed by atoms with Gasteiger partial charge in [0.1, 0.15) is 5.75 Å². The predicted octanol–water partition coefficient (Wildman–Crippen LogP) is 3.61. The quantitative estimate of drug-likeness (QED) is 0.866. The van der Waals surface area contributed by atoms with Crippen LogP contribution in [0.2, 0.25) is 0 Å². The van der Waals surface area contributed by atoms with Crippen molar-refractivity contribution < 1.29 is 4.74 Å². The molecule has 21 heavy (non-hydrogen) atoms. The maximum absolute atomic E-state index is 5.52. The monoisotopic (exact) mass is 290 g/mol. The van der Waals surface area contributed by atoms with Gasteiger partial charge in [-0.05, 0) is 52.3 Å². The highest BCUT2D eigenvalue weighted by Gasteiger charge is 2.23. The van der Waals surface area contributed by atoms with E-state index in [0.29, 0.717) is 18.1 Å². The Labute approximate surface area is 129 Å². The third-order valence-electron chi connectivity index (χ3n) is 4.62. The molecule has 1 aromatic carbocycles. The van der Waals surface area contributed by atoms with Crippen LogP contribution in [0.4, 0.5) is 0 Å². The van der Waals surface area contributed by atoms with Gasteiger partial charge in [0.05, 0.1) is 7.11 Å². The maximum Gasteiger partial charge on any atom is 0.123 e. The number of methoxy groups -OCH3 is 1. The molecule has 1 aliphatic rings. The number of nitrogens with one attached hydrogen (secondary N) is 1. The number of nitrogens with zero attached hydrogens (tertiary/aromatic N) is 1. The largest absolute Gasteiger partial charge is 0.496 e. The lowest BCUT2D eigenvalue weighted by Gasteiger charge is -2.36. The maximum atomic E-state index is 5.52. The number of hydrogen-bond donors (Lipinski definition) is 1. The van der Waals surface area contributed by atoms with E-state index in [-0.39, 0.29) is 0 Å². The second kappa shape index (κ2) is 7.81. The molecule has 0 aliphatic carbocycles. The van der Waals surface area contributed by atoms with Crippen LogP contribution in [0, 0.1) is 0 Å². The van der Waals surface area contributed by atoms with Crippen LogP contribution in [0.1, 0.15) is 51.6 Å². The van der Waals surface area contributed by atoms with E-state index in [0.717, 1.165) is 12.2 Å². The third-order valence-corrected chi connectivity index (χ3v) is 4.62. The summed E-state index contributed by atoms with van der Waals surface area (Å²) in [5.74, 6) is 0.997. The minimum absolute atomic E-state index is 0.386. The van der Waals surface area contributed by atoms with Crippen molar-refractivity contribution in [3.8, 4) is 5.75 Å². The molecule has 1 unspecified atom stereocenters. The Kier molecular flexibility index (Phi) is 6.07. The number of hydrogen-bond acceptors (Lipinski definition) is 3. The Morgan fingerprint density at radius 3 is 2.48 bits per heavy atom. The van der Waals surface area contributed by atoms with E-state index < -0.39 is 0 Å². The van der Waals surface area contributed by atoms with Crippen LogP contribution in [-0.2, 0) is 0 Å². The standard InChI is InChI=1S/C18H30N2O/c1-5-17(16-8-6-7-9-18(16)21-4)19-15-10-12-20(13-11-15)14(2)3/h6-9,14-15,17,19H,5,10-13H2,1-4H3. The van der Waals surface area contributed by atoms with Crippen molar-refractivity contribution in [2.24, 2.45) is 0 Å². The molecule has 1 aliphatic heterocycles. The summed E-state index contributed by atoms with van der Waals surface area (Å²) in [4.78, 5) is 2.57. The second-order valence-electron chi connectivity index (χ2n) is 6.27. The van der Waals surface area contributed by atoms with E-state index in [2.05, 4.69) is 49.2 Å². The zero-order chi connectivity index (χ0) is 15.2. The highest BCUT2D eigenvalue weighted by atomic mass is 16.5. The average Bonchev–Trinajstić information content (AvgIpc) is 2.53. The van der Waals surface area contributed by atoms with Crippen LogP contribution in [-0.4, -0.2) is 37.2 Å². The third kappa shape index (κ3) is 4.21. The molecule has 118 valence electrons. The number of likely N-dealkylation sites (tertiary alicyclic amines) is 1. The van der Waals surface area contributed by atoms with Gasteiger partial charge in [-0.15, -0.1) is 0 Å². The molecule has 1 aromatic rings. The van der Waals surface area contributed by atoms with E-state index >= 15 is 0 Å². The predicted molar refractivity (Wildman–Crippen MR) is 88.9 cm³/mol. The summed E-state index contributed by atoms with van der Waals surface area (Å²) in [5, 5.41) is 3.85. The zero-order valence-electron chi connectivity index (χ0n) is 13.9. The Morgan fingerprint density at radius 2 is 1.90 bits per heavy atom. The van der Waals surface area contributed by atoms with Gasteiger partial charge in [-0.25, -0.2) is 0 Å². The van der Waals surface area contributed by atoms with Gasteiger partial charge in [-0.3, -0.25) is 0 Å². The molecule has 0 bridgehead atoms. The van der Waals surface area contributed by atoms with Crippen LogP contribution in [0.3, 0.4) is 0 Å². The summed E-state index contributed by atoms with van der Waals surface area (Å²) < 4.78 is 5.52. The molecule has 0 radical (unpaired) electrons. The van der Waals surface area contributed by atoms with Crippen LogP contribution in [0.25, 0.3) is 0 Å². The number of benzene rings is 1. The van der Waals surface area contributed by atoms with Crippen molar-refractivity contribution in [2.75, 3.05) is 20.2 Å². The van der Waals surface area contributed by atoms with Crippen molar-refractivity contribution in [3.63, 3.8) is 0 Å². The zero-order valence-corrected chi connectivity index (χ0v) is 13.9. The SMILES string of the molecule is CCC(NC1CCN(C(C)C)CC1)c1ccccc1OC. The molecule has 0 saturated carbocycles. The molecular formula is C18H30N2O. The van der Waals surface area contributed by atoms with Crippen molar-refractivity contribution in [2.45, 2.75) is 58.2 Å². The molecule has 1 fully saturated rings. The van der Waals surface area contributed by atoms with Gasteiger partial charge < -0.3 is 15.0 Å². The highest BCUT2D eigenvalue weighted by Crippen LogP contribution is 2.28. The van der Waals surface area contributed by atoms with E-state index in [1.54, 1.807) is 7.11 Å². The molecule has 1 saturated heterocycles. The van der Waals surface area contributed by atoms with E-state index in [9.17, 15) is 0 Å². The van der Waals surface area contributed by atoms with Crippen molar-refractivity contribution in [1.29, 1.82) is 0 Å². The number of piperidine rings is 1. The fourth-order valence-electron chi connectivity index (χ4n) is 3.25. The lowest BCUT2D eigenvalue weighted by Crippen LogP contribution is -2.45. The number of rotatable bonds is 6. The fourth-order valence-corrected chi connectivity index (χ4v) is 3.25. The summed E-state index contributed by atoms with van der Waals surface area (Å²) in [7, 11) is 1.76. The minimum Gasteiger partial charge on any atom is -0.496 e. The van der Waals surface area contributed by atoms with Crippen LogP contribution >= 0.6 is 0 Å². The summed E-state index contributed by atoms with van der Waals surface area (Å²) in [5.41, 5.74) is 1.29. The molecule has 1 atom stereocenters. The first-order valence-electron chi connectivity index (χ1n) is 8.28. The Hall–Kier alpha value is -1.06. The van der Waals surface area contributed by atoms with E-state index in [1.807, 2.05) is 6.07 Å². The molecule has 3 heteroatoms. The molecule has 0 aromatic heterocycles. The van der Waals surface area contributed by atoms with Gasteiger partial charge >= 0.3 is 0 Å². The van der Waals surface area contributed by atoms with Gasteiger partial charge in [-0.2, -0.15) is 0 Å². The number of ether oxygens (including phenoxy) is 1. The van der Waals surface area contributed by atoms with Gasteiger partial charge in [-0.1, -0.05) is 25.1 Å². The normalized spacial score (nSPS) is 18.9. The Balaban J connectivity index is 1.97. The summed E-state index contributed by atoms with van der Waals surface area (Å²) in [6.07, 6.45) is 3.57. The molecular weight excluding hydrogens is 260 g/mol. The lowest BCUT2D eigenvalue weighted by molar-refractivity contribution is 0.155. The summed E-state index contributed by atoms with van der Waals surface area (Å²) in [6, 6.07) is 10.1. The van der Waals surface area contributed by atoms with Gasteiger partial charge in [0.15, 0.2) is 0 Å². The molecule has 1 N–H and O–H groups in total. The first kappa shape index (κ1) is 16.3. The highest BCUT2D eigenvalue weighted by molar-refractivity contribution is 5.35. The van der Waals surface area contributed by atoms with Crippen molar-refractivity contribution in [3.05, 3.63) is 29.8 Å². The number of para-hydroxylation sites is 1. The molecule has 0 amide bonds. The van der Waals surface area contributed by atoms with Gasteiger partial charge in [0.25, 0.3) is 0 Å². The Bertz CT molecular complexity index is 425. The van der Waals surface area contributed by atoms with Gasteiger partial charge in [0, 0.05) is 23.7 Å². The topological polar surface area (TPSA) is 24.5 Å². The Morgan fingerprint density at radius 1 is 1.24 bits per heavy atom. The second-order valence-corrected chi connectivity index (χ2v) is 6.27. The van der Waals surface area contributed by atoms with E-state index in [1.165, 1.54) is 31.5 Å². The smallest absolute Gasteiger partial charge is 0.123 e. The first-order chi connectivity index (χ1) is 10.2. The molecule has 1 heterocycles. The molecule has 3 nitrogen and oxygen atoms in total. The molecule has 0 spiro atoms. The minimum atomic E-state index is 0.386. The first-order valence-corrected chi connectivity index (χ1v) is 8.28. The summed E-state index contributed by atoms with van der Waals surface area (Å²) in [6.45, 7) is 9.23. The van der Waals surface area contributed by atoms with Crippen LogP contribution in [0.15, 0.2) is 24.3 Å². The van der Waals surface area contributed by atoms with Crippen LogP contribution in [0.5, 0.6) is 5.75 Å². The van der Waals surface area contributed by atoms with Gasteiger partial charge in [0.2, 0.25) is 0 Å². The van der Waals surface area contributed by atoms with E-state index in [4.69, 9.17) is 4.74 Å². The summed E-state index contributed by atoms with van der Waals surface area (Å²) >= 11 is 0. The van der Waals surface area contributed by atoms with Crippen LogP contribution < -0.4 is 10.1 Å².